The molecule has 0 aliphatic heterocycles. The summed E-state index contributed by atoms with van der Waals surface area (Å²) < 4.78 is 30.4. The first kappa shape index (κ1) is 21.9. The highest BCUT2D eigenvalue weighted by molar-refractivity contribution is 7.89. The molecule has 1 aliphatic rings. The lowest BCUT2D eigenvalue weighted by Gasteiger charge is -2.12. The van der Waals surface area contributed by atoms with E-state index in [0.717, 1.165) is 34.0 Å². The minimum atomic E-state index is -3.71. The van der Waals surface area contributed by atoms with E-state index in [1.165, 1.54) is 49.7 Å². The highest BCUT2D eigenvalue weighted by atomic mass is 32.2. The minimum absolute atomic E-state index is 0.00125. The van der Waals surface area contributed by atoms with Crippen LogP contribution in [0.1, 0.15) is 37.6 Å². The number of nitrogens with two attached hydrogens (primary N) is 1. The number of ether oxygens (including phenoxy) is 1. The molecule has 1 aromatic carbocycles. The molecule has 0 saturated carbocycles. The van der Waals surface area contributed by atoms with E-state index in [4.69, 9.17) is 10.5 Å². The Balaban J connectivity index is 1.66. The van der Waals surface area contributed by atoms with Gasteiger partial charge >= 0.3 is 5.97 Å². The van der Waals surface area contributed by atoms with Gasteiger partial charge in [0.1, 0.15) is 5.00 Å². The SMILES string of the molecule is CN(C)S(=O)(=O)c1cccc(C(=O)OCC(=O)Nc2sc3c(c2C(N)=O)CCC3)c1. The van der Waals surface area contributed by atoms with Gasteiger partial charge in [-0.1, -0.05) is 6.07 Å². The van der Waals surface area contributed by atoms with E-state index < -0.39 is 34.4 Å². The van der Waals surface area contributed by atoms with Crippen LogP contribution >= 0.6 is 11.3 Å². The van der Waals surface area contributed by atoms with E-state index in [1.807, 2.05) is 0 Å². The maximum absolute atomic E-state index is 12.3. The molecule has 160 valence electrons. The summed E-state index contributed by atoms with van der Waals surface area (Å²) in [6.07, 6.45) is 2.51. The van der Waals surface area contributed by atoms with E-state index in [-0.39, 0.29) is 10.5 Å². The first-order valence-corrected chi connectivity index (χ1v) is 11.3. The average molecular weight is 452 g/mol. The molecule has 9 nitrogen and oxygen atoms in total. The summed E-state index contributed by atoms with van der Waals surface area (Å²) in [6, 6.07) is 5.36. The molecule has 30 heavy (non-hydrogen) atoms. The summed E-state index contributed by atoms with van der Waals surface area (Å²) in [7, 11) is -0.952. The number of benzene rings is 1. The van der Waals surface area contributed by atoms with Gasteiger partial charge in [0.05, 0.1) is 16.0 Å². The molecule has 0 spiro atoms. The number of thiophene rings is 1. The van der Waals surface area contributed by atoms with Gasteiger partial charge in [-0.2, -0.15) is 0 Å². The molecule has 2 aromatic rings. The Bertz CT molecular complexity index is 1120. The molecule has 1 aromatic heterocycles. The third-order valence-corrected chi connectivity index (χ3v) is 7.62. The normalized spacial score (nSPS) is 13.2. The van der Waals surface area contributed by atoms with E-state index in [1.54, 1.807) is 0 Å². The maximum atomic E-state index is 12.3. The molecular weight excluding hydrogens is 430 g/mol. The number of hydrogen-bond acceptors (Lipinski definition) is 7. The van der Waals surface area contributed by atoms with Crippen molar-refractivity contribution < 1.29 is 27.5 Å². The number of anilines is 1. The molecule has 2 amide bonds. The van der Waals surface area contributed by atoms with Crippen LogP contribution in [0.25, 0.3) is 0 Å². The van der Waals surface area contributed by atoms with Crippen molar-refractivity contribution >= 4 is 44.1 Å². The number of rotatable bonds is 7. The van der Waals surface area contributed by atoms with Gasteiger partial charge < -0.3 is 15.8 Å². The predicted octanol–water partition coefficient (Wildman–Crippen LogP) is 1.38. The molecule has 1 aliphatic carbocycles. The molecule has 0 unspecified atom stereocenters. The fourth-order valence-corrected chi connectivity index (χ4v) is 5.38. The molecular formula is C19H21N3O6S2. The molecule has 0 fully saturated rings. The highest BCUT2D eigenvalue weighted by Crippen LogP contribution is 2.38. The standard InChI is InChI=1S/C19H21N3O6S2/c1-22(2)30(26,27)12-6-3-5-11(9-12)19(25)28-10-15(23)21-18-16(17(20)24)13-7-4-8-14(13)29-18/h3,5-6,9H,4,7-8,10H2,1-2H3,(H2,20,24)(H,21,23). The van der Waals surface area contributed by atoms with Gasteiger partial charge in [0, 0.05) is 19.0 Å². The van der Waals surface area contributed by atoms with Crippen molar-refractivity contribution in [2.75, 3.05) is 26.0 Å². The van der Waals surface area contributed by atoms with E-state index >= 15 is 0 Å². The highest BCUT2D eigenvalue weighted by Gasteiger charge is 2.26. The number of carbonyl (C=O) groups is 3. The van der Waals surface area contributed by atoms with Crippen LogP contribution in [0.4, 0.5) is 5.00 Å². The van der Waals surface area contributed by atoms with Crippen molar-refractivity contribution in [2.24, 2.45) is 5.73 Å². The van der Waals surface area contributed by atoms with E-state index in [2.05, 4.69) is 5.32 Å². The van der Waals surface area contributed by atoms with Crippen LogP contribution < -0.4 is 11.1 Å². The molecule has 1 heterocycles. The van der Waals surface area contributed by atoms with Gasteiger partial charge in [0.25, 0.3) is 11.8 Å². The molecule has 0 atom stereocenters. The quantitative estimate of drug-likeness (QED) is 0.611. The van der Waals surface area contributed by atoms with Crippen LogP contribution in [0.5, 0.6) is 0 Å². The number of aryl methyl sites for hydroxylation is 1. The van der Waals surface area contributed by atoms with Crippen molar-refractivity contribution in [2.45, 2.75) is 24.2 Å². The summed E-state index contributed by atoms with van der Waals surface area (Å²) in [5, 5.41) is 2.93. The molecule has 0 radical (unpaired) electrons. The smallest absolute Gasteiger partial charge is 0.338 e. The van der Waals surface area contributed by atoms with Gasteiger partial charge in [0.2, 0.25) is 10.0 Å². The van der Waals surface area contributed by atoms with E-state index in [9.17, 15) is 22.8 Å². The number of nitrogens with zero attached hydrogens (tertiary/aromatic N) is 1. The van der Waals surface area contributed by atoms with Crippen LogP contribution in [0, 0.1) is 0 Å². The molecule has 3 rings (SSSR count). The van der Waals surface area contributed by atoms with Gasteiger partial charge in [-0.15, -0.1) is 11.3 Å². The molecule has 11 heteroatoms. The molecule has 3 N–H and O–H groups in total. The fraction of sp³-hybridized carbons (Fsp3) is 0.316. The van der Waals surface area contributed by atoms with Gasteiger partial charge in [-0.25, -0.2) is 17.5 Å². The second kappa shape index (κ2) is 8.54. The van der Waals surface area contributed by atoms with Crippen LogP contribution in [0.2, 0.25) is 0 Å². The van der Waals surface area contributed by atoms with Crippen LogP contribution in [0.3, 0.4) is 0 Å². The largest absolute Gasteiger partial charge is 0.452 e. The Labute approximate surface area is 177 Å². The lowest BCUT2D eigenvalue weighted by Crippen LogP contribution is -2.24. The third-order valence-electron chi connectivity index (χ3n) is 4.60. The lowest BCUT2D eigenvalue weighted by molar-refractivity contribution is -0.119. The number of amides is 2. The summed E-state index contributed by atoms with van der Waals surface area (Å²) in [5.74, 6) is -2.08. The second-order valence-corrected chi connectivity index (χ2v) is 10.1. The number of nitrogens with one attached hydrogen (secondary N) is 1. The summed E-state index contributed by atoms with van der Waals surface area (Å²) >= 11 is 1.30. The molecule has 0 bridgehead atoms. The zero-order valence-corrected chi connectivity index (χ0v) is 18.1. The first-order valence-electron chi connectivity index (χ1n) is 9.05. The fourth-order valence-electron chi connectivity index (χ4n) is 3.12. The second-order valence-electron chi connectivity index (χ2n) is 6.87. The monoisotopic (exact) mass is 451 g/mol. The van der Waals surface area contributed by atoms with Gasteiger partial charge in [0.15, 0.2) is 6.61 Å². The predicted molar refractivity (Wildman–Crippen MR) is 111 cm³/mol. The zero-order valence-electron chi connectivity index (χ0n) is 16.4. The Kier molecular flexibility index (Phi) is 6.25. The minimum Gasteiger partial charge on any atom is -0.452 e. The first-order chi connectivity index (χ1) is 14.1. The van der Waals surface area contributed by atoms with Crippen molar-refractivity contribution in [3.63, 3.8) is 0 Å². The van der Waals surface area contributed by atoms with Gasteiger partial charge in [-0.3, -0.25) is 9.59 Å². The van der Waals surface area contributed by atoms with Gasteiger partial charge in [-0.05, 0) is 43.0 Å². The number of hydrogen-bond donors (Lipinski definition) is 2. The van der Waals surface area contributed by atoms with Crippen LogP contribution in [-0.4, -0.2) is 51.2 Å². The third kappa shape index (κ3) is 4.37. The Morgan fingerprint density at radius 3 is 2.63 bits per heavy atom. The van der Waals surface area contributed by atoms with Crippen LogP contribution in [0.15, 0.2) is 29.2 Å². The maximum Gasteiger partial charge on any atom is 0.338 e. The van der Waals surface area contributed by atoms with Crippen molar-refractivity contribution in [1.29, 1.82) is 0 Å². The topological polar surface area (TPSA) is 136 Å². The Morgan fingerprint density at radius 2 is 1.97 bits per heavy atom. The number of primary amides is 1. The number of esters is 1. The molecule has 0 saturated heterocycles. The Hall–Kier alpha value is -2.76. The lowest BCUT2D eigenvalue weighted by atomic mass is 10.1. The number of sulfonamides is 1. The number of carbonyl (C=O) groups excluding carboxylic acids is 3. The summed E-state index contributed by atoms with van der Waals surface area (Å²) in [5.41, 5.74) is 6.64. The van der Waals surface area contributed by atoms with Crippen molar-refractivity contribution in [1.82, 2.24) is 4.31 Å². The summed E-state index contributed by atoms with van der Waals surface area (Å²) in [4.78, 5) is 37.2. The number of fused-ring (bicyclic) bond motifs is 1. The average Bonchev–Trinajstić information content (AvgIpc) is 3.26. The van der Waals surface area contributed by atoms with E-state index in [0.29, 0.717) is 10.6 Å². The summed E-state index contributed by atoms with van der Waals surface area (Å²) in [6.45, 7) is -0.593. The van der Waals surface area contributed by atoms with Crippen molar-refractivity contribution in [3.8, 4) is 0 Å². The van der Waals surface area contributed by atoms with Crippen LogP contribution in [-0.2, 0) is 32.4 Å². The Morgan fingerprint density at radius 1 is 1.23 bits per heavy atom. The zero-order chi connectivity index (χ0) is 22.1. The van der Waals surface area contributed by atoms with Crippen molar-refractivity contribution in [3.05, 3.63) is 45.8 Å².